The molecule has 0 bridgehead atoms. The van der Waals surface area contributed by atoms with Crippen molar-refractivity contribution >= 4 is 11.8 Å². The van der Waals surface area contributed by atoms with Gasteiger partial charge in [0.05, 0.1) is 6.20 Å². The molecule has 1 aromatic heterocycles. The summed E-state index contributed by atoms with van der Waals surface area (Å²) in [4.78, 5) is 32.6. The second kappa shape index (κ2) is 7.48. The van der Waals surface area contributed by atoms with Crippen molar-refractivity contribution < 1.29 is 19.1 Å². The van der Waals surface area contributed by atoms with Gasteiger partial charge in [-0.3, -0.25) is 9.59 Å². The molecule has 7 nitrogen and oxygen atoms in total. The Labute approximate surface area is 169 Å². The predicted molar refractivity (Wildman–Crippen MR) is 107 cm³/mol. The SMILES string of the molecule is C=CC(O)C(=O)N(C)CC1CN(C(=O)c2ccc(-c3cnco3)cc2)CC12CC2. The largest absolute Gasteiger partial charge is 0.444 e. The van der Waals surface area contributed by atoms with Gasteiger partial charge in [-0.25, -0.2) is 4.98 Å². The van der Waals surface area contributed by atoms with Crippen LogP contribution in [0, 0.1) is 11.3 Å². The van der Waals surface area contributed by atoms with Gasteiger partial charge in [-0.05, 0) is 30.4 Å². The molecule has 1 saturated carbocycles. The molecular weight excluding hydrogens is 370 g/mol. The van der Waals surface area contributed by atoms with E-state index in [9.17, 15) is 14.7 Å². The second-order valence-electron chi connectivity index (χ2n) is 8.09. The van der Waals surface area contributed by atoms with Crippen LogP contribution in [0.2, 0.25) is 0 Å². The van der Waals surface area contributed by atoms with Gasteiger partial charge in [-0.1, -0.05) is 24.8 Å². The Balaban J connectivity index is 1.43. The first-order valence-corrected chi connectivity index (χ1v) is 9.77. The number of nitrogens with zero attached hydrogens (tertiary/aromatic N) is 3. The van der Waals surface area contributed by atoms with Gasteiger partial charge in [0.1, 0.15) is 0 Å². The molecule has 1 aliphatic heterocycles. The number of likely N-dealkylation sites (N-methyl/N-ethyl adjacent to an activating group) is 1. The van der Waals surface area contributed by atoms with E-state index in [4.69, 9.17) is 4.42 Å². The van der Waals surface area contributed by atoms with Crippen LogP contribution < -0.4 is 0 Å². The number of likely N-dealkylation sites (tertiary alicyclic amines) is 1. The minimum absolute atomic E-state index is 0.00278. The summed E-state index contributed by atoms with van der Waals surface area (Å²) >= 11 is 0. The minimum atomic E-state index is -1.18. The zero-order chi connectivity index (χ0) is 20.6. The number of carbonyl (C=O) groups is 2. The molecule has 29 heavy (non-hydrogen) atoms. The maximum Gasteiger partial charge on any atom is 0.255 e. The van der Waals surface area contributed by atoms with Gasteiger partial charge in [0, 0.05) is 43.7 Å². The summed E-state index contributed by atoms with van der Waals surface area (Å²) in [7, 11) is 1.69. The first kappa shape index (κ1) is 19.4. The number of aliphatic hydroxyl groups excluding tert-OH is 1. The minimum Gasteiger partial charge on any atom is -0.444 e. The van der Waals surface area contributed by atoms with Gasteiger partial charge in [0.2, 0.25) is 0 Å². The third-order valence-corrected chi connectivity index (χ3v) is 6.19. The van der Waals surface area contributed by atoms with Crippen LogP contribution in [0.1, 0.15) is 23.2 Å². The molecule has 2 amide bonds. The fourth-order valence-electron chi connectivity index (χ4n) is 4.23. The molecule has 152 valence electrons. The van der Waals surface area contributed by atoms with Crippen LogP contribution in [-0.2, 0) is 4.79 Å². The summed E-state index contributed by atoms with van der Waals surface area (Å²) in [5.74, 6) is 0.522. The highest BCUT2D eigenvalue weighted by Gasteiger charge is 2.56. The molecule has 2 aromatic rings. The lowest BCUT2D eigenvalue weighted by Gasteiger charge is -2.25. The maximum atomic E-state index is 13.0. The molecule has 2 atom stereocenters. The molecule has 1 aliphatic carbocycles. The van der Waals surface area contributed by atoms with Crippen LogP contribution in [0.25, 0.3) is 11.3 Å². The van der Waals surface area contributed by atoms with Crippen LogP contribution in [-0.4, -0.2) is 64.5 Å². The molecule has 0 radical (unpaired) electrons. The summed E-state index contributed by atoms with van der Waals surface area (Å²) in [6, 6.07) is 7.33. The van der Waals surface area contributed by atoms with Crippen molar-refractivity contribution in [1.29, 1.82) is 0 Å². The molecule has 1 spiro atoms. The lowest BCUT2D eigenvalue weighted by Crippen LogP contribution is -2.40. The van der Waals surface area contributed by atoms with Gasteiger partial charge in [-0.15, -0.1) is 0 Å². The summed E-state index contributed by atoms with van der Waals surface area (Å²) in [5.41, 5.74) is 1.61. The molecular formula is C22H25N3O4. The van der Waals surface area contributed by atoms with Crippen LogP contribution in [0.3, 0.4) is 0 Å². The fraction of sp³-hybridized carbons (Fsp3) is 0.409. The quantitative estimate of drug-likeness (QED) is 0.758. The highest BCUT2D eigenvalue weighted by atomic mass is 16.3. The van der Waals surface area contributed by atoms with E-state index in [1.165, 1.54) is 12.5 Å². The molecule has 1 saturated heterocycles. The van der Waals surface area contributed by atoms with Crippen molar-refractivity contribution in [3.05, 3.63) is 55.1 Å². The Hall–Kier alpha value is -2.93. The number of benzene rings is 1. The van der Waals surface area contributed by atoms with E-state index in [2.05, 4.69) is 11.6 Å². The van der Waals surface area contributed by atoms with Crippen molar-refractivity contribution in [2.45, 2.75) is 18.9 Å². The Morgan fingerprint density at radius 1 is 1.41 bits per heavy atom. The fourth-order valence-corrected chi connectivity index (χ4v) is 4.23. The molecule has 2 heterocycles. The van der Waals surface area contributed by atoms with Crippen molar-refractivity contribution in [3.63, 3.8) is 0 Å². The van der Waals surface area contributed by atoms with Crippen LogP contribution in [0.15, 0.2) is 53.9 Å². The highest BCUT2D eigenvalue weighted by Crippen LogP contribution is 2.56. The Bertz CT molecular complexity index is 903. The summed E-state index contributed by atoms with van der Waals surface area (Å²) in [5, 5.41) is 9.71. The topological polar surface area (TPSA) is 86.9 Å². The smallest absolute Gasteiger partial charge is 0.255 e. The standard InChI is InChI=1S/C22H25N3O4/c1-3-18(26)21(28)24(2)11-17-12-25(13-22(17)8-9-22)20(27)16-6-4-15(5-7-16)19-10-23-14-29-19/h3-7,10,14,17-18,26H,1,8-9,11-13H2,2H3. The van der Waals surface area contributed by atoms with Gasteiger partial charge >= 0.3 is 0 Å². The number of aliphatic hydroxyl groups is 1. The number of rotatable bonds is 6. The van der Waals surface area contributed by atoms with E-state index in [1.54, 1.807) is 18.1 Å². The van der Waals surface area contributed by atoms with E-state index in [0.29, 0.717) is 31.0 Å². The van der Waals surface area contributed by atoms with Crippen molar-refractivity contribution in [2.75, 3.05) is 26.7 Å². The van der Waals surface area contributed by atoms with Crippen LogP contribution >= 0.6 is 0 Å². The van der Waals surface area contributed by atoms with Gasteiger partial charge in [0.25, 0.3) is 11.8 Å². The third-order valence-electron chi connectivity index (χ3n) is 6.19. The Kier molecular flexibility index (Phi) is 5.00. The van der Waals surface area contributed by atoms with Crippen LogP contribution in [0.5, 0.6) is 0 Å². The summed E-state index contributed by atoms with van der Waals surface area (Å²) in [6.07, 6.45) is 5.20. The lowest BCUT2D eigenvalue weighted by molar-refractivity contribution is -0.137. The second-order valence-corrected chi connectivity index (χ2v) is 8.09. The molecule has 1 aromatic carbocycles. The Morgan fingerprint density at radius 3 is 2.72 bits per heavy atom. The van der Waals surface area contributed by atoms with Gasteiger partial charge in [-0.2, -0.15) is 0 Å². The Morgan fingerprint density at radius 2 is 2.14 bits per heavy atom. The van der Waals surface area contributed by atoms with Gasteiger partial charge in [0.15, 0.2) is 18.3 Å². The summed E-state index contributed by atoms with van der Waals surface area (Å²) in [6.45, 7) is 5.32. The van der Waals surface area contributed by atoms with E-state index < -0.39 is 6.10 Å². The average molecular weight is 395 g/mol. The zero-order valence-electron chi connectivity index (χ0n) is 16.5. The molecule has 2 unspecified atom stereocenters. The third kappa shape index (κ3) is 3.70. The molecule has 2 fully saturated rings. The van der Waals surface area contributed by atoms with E-state index in [-0.39, 0.29) is 23.1 Å². The number of hydrogen-bond donors (Lipinski definition) is 1. The number of aromatic nitrogens is 1. The zero-order valence-corrected chi connectivity index (χ0v) is 16.5. The molecule has 7 heteroatoms. The highest BCUT2D eigenvalue weighted by molar-refractivity contribution is 5.95. The number of oxazole rings is 1. The van der Waals surface area contributed by atoms with Crippen molar-refractivity contribution in [1.82, 2.24) is 14.8 Å². The predicted octanol–water partition coefficient (Wildman–Crippen LogP) is 2.20. The number of carbonyl (C=O) groups excluding carboxylic acids is 2. The van der Waals surface area contributed by atoms with Gasteiger partial charge < -0.3 is 19.3 Å². The molecule has 4 rings (SSSR count). The van der Waals surface area contributed by atoms with E-state index >= 15 is 0 Å². The monoisotopic (exact) mass is 395 g/mol. The van der Waals surface area contributed by atoms with Crippen LogP contribution in [0.4, 0.5) is 0 Å². The number of amides is 2. The average Bonchev–Trinajstić information content (AvgIpc) is 3.15. The normalized spacial score (nSPS) is 20.5. The molecule has 1 N–H and O–H groups in total. The number of hydrogen-bond acceptors (Lipinski definition) is 5. The lowest BCUT2D eigenvalue weighted by atomic mass is 9.92. The van der Waals surface area contributed by atoms with Crippen molar-refractivity contribution in [3.8, 4) is 11.3 Å². The maximum absolute atomic E-state index is 13.0. The molecule has 2 aliphatic rings. The van der Waals surface area contributed by atoms with E-state index in [1.807, 2.05) is 29.2 Å². The first-order valence-electron chi connectivity index (χ1n) is 9.77. The van der Waals surface area contributed by atoms with Crippen molar-refractivity contribution in [2.24, 2.45) is 11.3 Å². The summed E-state index contributed by atoms with van der Waals surface area (Å²) < 4.78 is 5.29. The first-order chi connectivity index (χ1) is 13.9. The van der Waals surface area contributed by atoms with E-state index in [0.717, 1.165) is 18.4 Å².